The molecule has 142 heavy (non-hydrogen) atoms. The Morgan fingerprint density at radius 3 is 0.718 bits per heavy atom. The number of benzene rings is 20. The SMILES string of the molecule is C=Cc1ccc(-c2ccc3c(c2)C2(c4ccccc4-3)c3ccccc3-c3ccc(-c4ccc(N(c5ccc(-c6ccccc6)cc5)c5ccc6c(c5)C(C)(C)c5ccccc5-6)cc4)cc32)cc1.CC(C)(C)CC(c1ccc(-c2ccc3c(c2)C2(c4ccccc4-3)c3ccccc3-c3ccc(-c4ccc(N(c5ccc(-c6ccccc6)cc5)c5ccc6c(c5)C(C)(C)c5ccccc5-6)cc4)cc32)cc1)C(C)(C)C. The lowest BCUT2D eigenvalue weighted by Crippen LogP contribution is -2.26. The van der Waals surface area contributed by atoms with Gasteiger partial charge in [0.1, 0.15) is 0 Å². The molecule has 2 heteroatoms. The van der Waals surface area contributed by atoms with Crippen molar-refractivity contribution in [2.75, 3.05) is 9.80 Å². The highest BCUT2D eigenvalue weighted by Crippen LogP contribution is 2.67. The maximum absolute atomic E-state index is 3.99. The van der Waals surface area contributed by atoms with Gasteiger partial charge in [-0.2, -0.15) is 0 Å². The quantitative estimate of drug-likeness (QED) is 0.101. The summed E-state index contributed by atoms with van der Waals surface area (Å²) in [6.45, 7) is 27.7. The Bertz CT molecular complexity index is 8380. The van der Waals surface area contributed by atoms with Crippen LogP contribution in [-0.2, 0) is 21.7 Å². The Kier molecular flexibility index (Phi) is 20.6. The second kappa shape index (κ2) is 33.5. The summed E-state index contributed by atoms with van der Waals surface area (Å²) in [6.07, 6.45) is 3.05. The summed E-state index contributed by atoms with van der Waals surface area (Å²) in [5.41, 5.74) is 55.1. The smallest absolute Gasteiger partial charge is 0.0725 e. The molecule has 6 aliphatic carbocycles. The molecule has 0 radical (unpaired) electrons. The maximum atomic E-state index is 3.99. The van der Waals surface area contributed by atoms with Crippen LogP contribution in [0.1, 0.15) is 159 Å². The minimum absolute atomic E-state index is 0.113. The van der Waals surface area contributed by atoms with Crippen molar-refractivity contribution in [1.82, 2.24) is 0 Å². The summed E-state index contributed by atoms with van der Waals surface area (Å²) >= 11 is 0. The van der Waals surface area contributed by atoms with E-state index in [1.54, 1.807) is 0 Å². The Labute approximate surface area is 837 Å². The van der Waals surface area contributed by atoms with Gasteiger partial charge in [0.05, 0.1) is 10.8 Å². The fraction of sp³-hybridized carbons (Fsp3) is 0.129. The third kappa shape index (κ3) is 14.0. The molecule has 6 aliphatic rings. The predicted molar refractivity (Wildman–Crippen MR) is 599 cm³/mol. The van der Waals surface area contributed by atoms with Crippen molar-refractivity contribution in [3.8, 4) is 134 Å². The lowest BCUT2D eigenvalue weighted by atomic mass is 9.69. The topological polar surface area (TPSA) is 6.48 Å². The average Bonchev–Trinajstić information content (AvgIpc) is 1.51. The summed E-state index contributed by atoms with van der Waals surface area (Å²) in [6, 6.07) is 173. The van der Waals surface area contributed by atoms with Crippen LogP contribution in [0.5, 0.6) is 0 Å². The largest absolute Gasteiger partial charge is 0.310 e. The van der Waals surface area contributed by atoms with Crippen molar-refractivity contribution in [2.24, 2.45) is 10.8 Å². The molecule has 2 spiro atoms. The zero-order valence-corrected chi connectivity index (χ0v) is 82.3. The van der Waals surface area contributed by atoms with Crippen molar-refractivity contribution in [3.05, 3.63) is 546 Å². The fourth-order valence-corrected chi connectivity index (χ4v) is 25.3. The second-order valence-electron chi connectivity index (χ2n) is 43.2. The van der Waals surface area contributed by atoms with Gasteiger partial charge >= 0.3 is 0 Å². The van der Waals surface area contributed by atoms with Crippen molar-refractivity contribution >= 4 is 40.2 Å². The number of hydrogen-bond donors (Lipinski definition) is 0. The third-order valence-corrected chi connectivity index (χ3v) is 32.2. The van der Waals surface area contributed by atoms with Gasteiger partial charge < -0.3 is 9.80 Å². The maximum Gasteiger partial charge on any atom is 0.0725 e. The Morgan fingerprint density at radius 1 is 0.211 bits per heavy atom. The third-order valence-electron chi connectivity index (χ3n) is 32.2. The molecule has 0 amide bonds. The highest BCUT2D eigenvalue weighted by Gasteiger charge is 2.54. The second-order valence-corrected chi connectivity index (χ2v) is 43.2. The van der Waals surface area contributed by atoms with Crippen LogP contribution in [0, 0.1) is 10.8 Å². The van der Waals surface area contributed by atoms with E-state index >= 15 is 0 Å². The van der Waals surface area contributed by atoms with E-state index in [9.17, 15) is 0 Å². The Hall–Kier alpha value is -16.3. The number of fused-ring (bicyclic) bond motifs is 26. The molecule has 0 aliphatic heterocycles. The number of nitrogens with zero attached hydrogens (tertiary/aromatic N) is 2. The van der Waals surface area contributed by atoms with Gasteiger partial charge in [0.2, 0.25) is 0 Å². The summed E-state index contributed by atoms with van der Waals surface area (Å²) in [7, 11) is 0. The first-order chi connectivity index (χ1) is 69.1. The number of anilines is 6. The number of rotatable bonds is 15. The first-order valence-corrected chi connectivity index (χ1v) is 50.5. The van der Waals surface area contributed by atoms with Crippen LogP contribution < -0.4 is 9.80 Å². The zero-order valence-electron chi connectivity index (χ0n) is 82.3. The van der Waals surface area contributed by atoms with E-state index in [1.807, 2.05) is 6.08 Å². The highest BCUT2D eigenvalue weighted by atomic mass is 15.1. The molecule has 2 nitrogen and oxygen atoms in total. The fourth-order valence-electron chi connectivity index (χ4n) is 25.3. The molecule has 0 saturated heterocycles. The van der Waals surface area contributed by atoms with Gasteiger partial charge in [-0.1, -0.05) is 446 Å². The molecular weight excluding hydrogens is 1710 g/mol. The van der Waals surface area contributed by atoms with Gasteiger partial charge in [0.15, 0.2) is 0 Å². The standard InChI is InChI=1S/C74H65N.C66H47N/c1-71(2,3)47-70(72(4,5)6)52-28-26-50(27-29-52)53-34-41-62-59-21-13-16-24-65(59)74(68(62)44-53)66-25-17-14-22-60(66)63-42-35-54(45-69(63)74)51-32-38-56(39-33-51)75(55-36-30-49(31-37-55)48-18-10-9-11-19-48)57-40-43-61-58-20-12-15-23-64(58)73(7,8)67(61)46-57;1-4-43-22-24-46(25-23-43)48-30-37-57-54-17-9-12-20-60(54)66(63(57)40-48)61-21-13-10-18-55(61)58-38-31-49(41-64(58)66)47-28-34-51(35-29-47)67(50-32-26-45(27-33-50)44-14-6-5-7-15-44)52-36-39-56-53-16-8-11-19-59(53)65(2,3)62(56)42-52/h9-46,70H,47H2,1-8H3;4-42H,1H2,2-3H3. The minimum Gasteiger partial charge on any atom is -0.310 e. The van der Waals surface area contributed by atoms with E-state index in [0.717, 1.165) is 46.1 Å². The van der Waals surface area contributed by atoms with Crippen LogP contribution in [0.25, 0.3) is 140 Å². The van der Waals surface area contributed by atoms with Crippen molar-refractivity contribution in [3.63, 3.8) is 0 Å². The first-order valence-electron chi connectivity index (χ1n) is 50.5. The first kappa shape index (κ1) is 87.3. The molecule has 0 aromatic heterocycles. The number of hydrogen-bond acceptors (Lipinski definition) is 2. The van der Waals surface area contributed by atoms with E-state index in [1.165, 1.54) is 206 Å². The van der Waals surface area contributed by atoms with Crippen LogP contribution in [-0.4, -0.2) is 0 Å². The van der Waals surface area contributed by atoms with Gasteiger partial charge in [0.25, 0.3) is 0 Å². The zero-order chi connectivity index (χ0) is 96.3. The van der Waals surface area contributed by atoms with Crippen LogP contribution in [0.2, 0.25) is 0 Å². The molecule has 3 unspecified atom stereocenters. The summed E-state index contributed by atoms with van der Waals surface area (Å²) < 4.78 is 0. The predicted octanol–water partition coefficient (Wildman–Crippen LogP) is 37.8. The Balaban J connectivity index is 0.000000150. The molecule has 682 valence electrons. The molecule has 20 aromatic carbocycles. The van der Waals surface area contributed by atoms with E-state index in [-0.39, 0.29) is 21.7 Å². The van der Waals surface area contributed by atoms with Gasteiger partial charge in [-0.15, -0.1) is 0 Å². The van der Waals surface area contributed by atoms with Gasteiger partial charge in [-0.25, -0.2) is 0 Å². The molecule has 0 fully saturated rings. The van der Waals surface area contributed by atoms with Crippen LogP contribution >= 0.6 is 0 Å². The van der Waals surface area contributed by atoms with E-state index in [0.29, 0.717) is 5.92 Å². The van der Waals surface area contributed by atoms with Crippen LogP contribution in [0.3, 0.4) is 0 Å². The molecule has 26 rings (SSSR count). The van der Waals surface area contributed by atoms with Gasteiger partial charge in [0, 0.05) is 45.0 Å². The lowest BCUT2D eigenvalue weighted by Gasteiger charge is -2.36. The average molecular weight is 1820 g/mol. The molecule has 3 atom stereocenters. The normalized spacial score (nSPS) is 15.6. The lowest BCUT2D eigenvalue weighted by molar-refractivity contribution is 0.229. The van der Waals surface area contributed by atoms with Crippen LogP contribution in [0.15, 0.2) is 468 Å². The van der Waals surface area contributed by atoms with Crippen molar-refractivity contribution in [2.45, 2.75) is 103 Å². The van der Waals surface area contributed by atoms with Gasteiger partial charge in [-0.05, 0) is 332 Å². The van der Waals surface area contributed by atoms with E-state index in [2.05, 4.69) is 547 Å². The van der Waals surface area contributed by atoms with Crippen LogP contribution in [0.4, 0.5) is 34.1 Å². The van der Waals surface area contributed by atoms with Crippen molar-refractivity contribution in [1.29, 1.82) is 0 Å². The highest BCUT2D eigenvalue weighted by molar-refractivity contribution is 6.01. The van der Waals surface area contributed by atoms with Crippen molar-refractivity contribution < 1.29 is 0 Å². The molecular formula is C140H112N2. The minimum atomic E-state index is -0.475. The Morgan fingerprint density at radius 2 is 0.430 bits per heavy atom. The monoisotopic (exact) mass is 1820 g/mol. The molecule has 0 N–H and O–H groups in total. The summed E-state index contributed by atoms with van der Waals surface area (Å²) in [5, 5.41) is 0. The molecule has 0 heterocycles. The van der Waals surface area contributed by atoms with E-state index in [4.69, 9.17) is 0 Å². The molecule has 20 aromatic rings. The summed E-state index contributed by atoms with van der Waals surface area (Å²) in [4.78, 5) is 4.85. The van der Waals surface area contributed by atoms with E-state index < -0.39 is 10.8 Å². The molecule has 0 saturated carbocycles. The van der Waals surface area contributed by atoms with Gasteiger partial charge in [-0.3, -0.25) is 0 Å². The molecule has 0 bridgehead atoms. The summed E-state index contributed by atoms with van der Waals surface area (Å²) in [5.74, 6) is 0.467.